The average Bonchev–Trinajstić information content (AvgIpc) is 1.49. The monoisotopic (exact) mass is 1330 g/mol. The van der Waals surface area contributed by atoms with E-state index in [1.165, 1.54) is 185 Å². The van der Waals surface area contributed by atoms with E-state index in [-0.39, 0.29) is 23.7 Å². The molecule has 0 aliphatic carbocycles. The van der Waals surface area contributed by atoms with Crippen LogP contribution in [0.15, 0.2) is 224 Å². The molecule has 0 saturated carbocycles. The third-order valence-electron chi connectivity index (χ3n) is 25.0. The molecule has 0 fully saturated rings. The van der Waals surface area contributed by atoms with Crippen LogP contribution in [0.5, 0.6) is 0 Å². The smallest absolute Gasteiger partial charge is 0.145 e. The fourth-order valence-electron chi connectivity index (χ4n) is 21.4. The molecule has 26 rings (SSSR count). The highest BCUT2D eigenvalue weighted by molar-refractivity contribution is 6.43. The maximum absolute atomic E-state index is 7.70. The number of para-hydroxylation sites is 6. The Morgan fingerprint density at radius 3 is 1.05 bits per heavy atom. The molecule has 0 saturated heterocycles. The summed E-state index contributed by atoms with van der Waals surface area (Å²) in [7, 11) is 0. The van der Waals surface area contributed by atoms with E-state index in [0.29, 0.717) is 0 Å². The van der Waals surface area contributed by atoms with Crippen LogP contribution in [0.25, 0.3) is 251 Å². The second kappa shape index (κ2) is 18.2. The van der Waals surface area contributed by atoms with Gasteiger partial charge in [-0.15, -0.1) is 0 Å². The lowest BCUT2D eigenvalue weighted by molar-refractivity contribution is 0.669. The van der Waals surface area contributed by atoms with Crippen molar-refractivity contribution >= 4 is 240 Å². The van der Waals surface area contributed by atoms with Gasteiger partial charge in [-0.2, -0.15) is 0 Å². The highest BCUT2D eigenvalue weighted by atomic mass is 16.3. The van der Waals surface area contributed by atoms with Gasteiger partial charge in [0.1, 0.15) is 44.7 Å². The molecular weight excluding hydrogens is 1270 g/mol. The molecule has 0 unspecified atom stereocenters. The van der Waals surface area contributed by atoms with E-state index >= 15 is 0 Å². The van der Waals surface area contributed by atoms with Gasteiger partial charge in [0, 0.05) is 118 Å². The summed E-state index contributed by atoms with van der Waals surface area (Å²) in [6, 6.07) is 76.7. The van der Waals surface area contributed by atoms with Crippen molar-refractivity contribution < 1.29 is 17.7 Å². The summed E-state index contributed by atoms with van der Waals surface area (Å²) in [4.78, 5) is 0. The van der Waals surface area contributed by atoms with Gasteiger partial charge in [-0.05, 0) is 136 Å². The van der Waals surface area contributed by atoms with Crippen molar-refractivity contribution in [1.29, 1.82) is 0 Å². The maximum atomic E-state index is 7.70. The number of hydrogen-bond acceptors (Lipinski definition) is 4. The van der Waals surface area contributed by atoms with Crippen molar-refractivity contribution in [3.63, 3.8) is 0 Å². The van der Waals surface area contributed by atoms with Crippen molar-refractivity contribution in [2.75, 3.05) is 0 Å². The Bertz CT molecular complexity index is 8490. The van der Waals surface area contributed by atoms with Gasteiger partial charge in [-0.25, -0.2) is 0 Å². The normalized spacial score (nSPS) is 13.5. The summed E-state index contributed by atoms with van der Waals surface area (Å²) in [6.45, 7) is 19.3. The van der Waals surface area contributed by atoms with Gasteiger partial charge < -0.3 is 35.3 Å². The molecule has 0 spiro atoms. The summed E-state index contributed by atoms with van der Waals surface area (Å²) in [5.41, 5.74) is 29.7. The topological polar surface area (TPSA) is 70.2 Å². The largest absolute Gasteiger partial charge is 0.456 e. The molecule has 8 nitrogen and oxygen atoms in total. The molecular formula is C96H62N4O4. The maximum Gasteiger partial charge on any atom is 0.145 e. The van der Waals surface area contributed by atoms with E-state index in [2.05, 4.69) is 279 Å². The molecule has 8 heteroatoms. The lowest BCUT2D eigenvalue weighted by Gasteiger charge is -2.19. The van der Waals surface area contributed by atoms with Crippen molar-refractivity contribution in [3.8, 4) is 11.1 Å². The van der Waals surface area contributed by atoms with Gasteiger partial charge in [-0.3, -0.25) is 0 Å². The van der Waals surface area contributed by atoms with Gasteiger partial charge >= 0.3 is 0 Å². The minimum Gasteiger partial charge on any atom is -0.456 e. The number of benzene rings is 14. The average molecular weight is 1340 g/mol. The van der Waals surface area contributed by atoms with E-state index in [9.17, 15) is 0 Å². The van der Waals surface area contributed by atoms with Crippen LogP contribution >= 0.6 is 0 Å². The number of nitrogens with zero attached hydrogens (tertiary/aromatic N) is 4. The molecule has 0 aliphatic rings. The van der Waals surface area contributed by atoms with Crippen LogP contribution in [0.1, 0.15) is 101 Å². The standard InChI is InChI=1S/C96H62N4O4/c1-43(2)72-80-84-78-54-27-14-20-34-68(54)102-71(78)42-59-55-38-47(36-37-65(55)100(88(59)84)92(80)73(44(3)4)79-83-77-53-26-13-19-33-67(53)101-70(77)41-58-51-24-11-17-31-64(51)97(87(58)83)91(72)79)48-28-21-35-69-76(48)61-40-57-50-23-10-16-30-63(50)99-90(57)86(96(61)104-69)82-75(46(7)8)93-81(74(45(5)6)94(82)99)85-89-56(49-22-9-15-29-62(49)98(89)93)39-60-52-25-12-18-32-66(52)103-95(60)85/h9-46H,1-8H3. The van der Waals surface area contributed by atoms with Gasteiger partial charge in [-0.1, -0.05) is 183 Å². The highest BCUT2D eigenvalue weighted by Gasteiger charge is 2.38. The summed E-state index contributed by atoms with van der Waals surface area (Å²) >= 11 is 0. The molecule has 0 aliphatic heterocycles. The highest BCUT2D eigenvalue weighted by Crippen LogP contribution is 2.60. The first-order chi connectivity index (χ1) is 51.0. The molecule has 12 heterocycles. The van der Waals surface area contributed by atoms with E-state index in [4.69, 9.17) is 17.7 Å². The van der Waals surface area contributed by atoms with Crippen LogP contribution in [0, 0.1) is 0 Å². The predicted molar refractivity (Wildman–Crippen MR) is 436 cm³/mol. The zero-order valence-corrected chi connectivity index (χ0v) is 58.4. The first-order valence-electron chi connectivity index (χ1n) is 37.1. The molecule has 490 valence electrons. The minimum atomic E-state index is 0.106. The Morgan fingerprint density at radius 2 is 0.567 bits per heavy atom. The molecule has 0 radical (unpaired) electrons. The number of furan rings is 4. The van der Waals surface area contributed by atoms with Gasteiger partial charge in [0.15, 0.2) is 0 Å². The van der Waals surface area contributed by atoms with Crippen LogP contribution < -0.4 is 0 Å². The number of fused-ring (bicyclic) bond motifs is 40. The van der Waals surface area contributed by atoms with E-state index in [1.807, 2.05) is 0 Å². The first-order valence-corrected chi connectivity index (χ1v) is 37.1. The summed E-state index contributed by atoms with van der Waals surface area (Å²) in [6.07, 6.45) is 0. The van der Waals surface area contributed by atoms with E-state index in [1.54, 1.807) is 0 Å². The Hall–Kier alpha value is -12.5. The lowest BCUT2D eigenvalue weighted by atomic mass is 9.85. The summed E-state index contributed by atoms with van der Waals surface area (Å²) < 4.78 is 39.6. The Balaban J connectivity index is 0.813. The Labute approximate surface area is 590 Å². The van der Waals surface area contributed by atoms with Gasteiger partial charge in [0.05, 0.1) is 77.0 Å². The SMILES string of the molecule is CC(C)c1c2c3c4oc5cccc(-c6ccc7c(c6)c6cc8oc9ccccc9c8c8c9c(C(C)C)c%10c(c(C(C)C)c9n7c68)c6c7c(cc8c9ccccc9n%10c86)oc6ccccc67)c5c4cc4c5ccccc5n(c2c(C(C)C)c2c5c6oc7ccccc7c6cc6c7ccccc7n(c12)c65)c43. The number of rotatable bonds is 5. The molecule has 12 aromatic heterocycles. The van der Waals surface area contributed by atoms with Gasteiger partial charge in [0.25, 0.3) is 0 Å². The third-order valence-corrected chi connectivity index (χ3v) is 25.0. The fourth-order valence-corrected chi connectivity index (χ4v) is 21.4. The van der Waals surface area contributed by atoms with Crippen LogP contribution in [0.2, 0.25) is 0 Å². The molecule has 0 bridgehead atoms. The first kappa shape index (κ1) is 55.2. The Morgan fingerprint density at radius 1 is 0.212 bits per heavy atom. The molecule has 0 atom stereocenters. The van der Waals surface area contributed by atoms with Crippen LogP contribution in [-0.4, -0.2) is 17.6 Å². The van der Waals surface area contributed by atoms with Crippen molar-refractivity contribution in [3.05, 3.63) is 229 Å². The lowest BCUT2D eigenvalue weighted by Crippen LogP contribution is -2.01. The number of aromatic nitrogens is 4. The predicted octanol–water partition coefficient (Wildman–Crippen LogP) is 28.0. The van der Waals surface area contributed by atoms with E-state index < -0.39 is 0 Å². The van der Waals surface area contributed by atoms with Crippen molar-refractivity contribution in [2.24, 2.45) is 0 Å². The quantitative estimate of drug-likeness (QED) is 0.172. The molecule has 0 amide bonds. The van der Waals surface area contributed by atoms with Crippen LogP contribution in [-0.2, 0) is 0 Å². The van der Waals surface area contributed by atoms with Crippen LogP contribution in [0.4, 0.5) is 0 Å². The zero-order chi connectivity index (χ0) is 68.4. The van der Waals surface area contributed by atoms with Crippen molar-refractivity contribution in [2.45, 2.75) is 79.1 Å². The second-order valence-corrected chi connectivity index (χ2v) is 31.5. The van der Waals surface area contributed by atoms with Crippen LogP contribution in [0.3, 0.4) is 0 Å². The van der Waals surface area contributed by atoms with E-state index in [0.717, 1.165) is 88.1 Å². The van der Waals surface area contributed by atoms with Crippen molar-refractivity contribution in [1.82, 2.24) is 17.6 Å². The second-order valence-electron chi connectivity index (χ2n) is 31.5. The molecule has 26 aromatic rings. The number of hydrogen-bond donors (Lipinski definition) is 0. The summed E-state index contributed by atoms with van der Waals surface area (Å²) in [5, 5.41) is 29.0. The summed E-state index contributed by atoms with van der Waals surface area (Å²) in [5.74, 6) is 0.463. The minimum absolute atomic E-state index is 0.106. The Kier molecular flexibility index (Phi) is 9.66. The molecule has 104 heavy (non-hydrogen) atoms. The molecule has 0 N–H and O–H groups in total. The van der Waals surface area contributed by atoms with Gasteiger partial charge in [0.2, 0.25) is 0 Å². The fraction of sp³-hybridized carbons (Fsp3) is 0.125. The zero-order valence-electron chi connectivity index (χ0n) is 58.4. The molecule has 14 aromatic carbocycles. The third kappa shape index (κ3) is 6.04.